The number of hydrogen-bond donors (Lipinski definition) is 3. The van der Waals surface area contributed by atoms with Crippen molar-refractivity contribution in [1.29, 1.82) is 0 Å². The lowest BCUT2D eigenvalue weighted by molar-refractivity contribution is 0.0915. The van der Waals surface area contributed by atoms with Gasteiger partial charge >= 0.3 is 0 Å². The molecule has 1 amide bonds. The van der Waals surface area contributed by atoms with Crippen molar-refractivity contribution in [2.45, 2.75) is 38.8 Å². The van der Waals surface area contributed by atoms with Crippen molar-refractivity contribution >= 4 is 23.3 Å². The summed E-state index contributed by atoms with van der Waals surface area (Å²) >= 11 is 0. The number of amidine groups is 2. The number of nitrogens with zero attached hydrogens (tertiary/aromatic N) is 3. The molecule has 0 aliphatic carbocycles. The van der Waals surface area contributed by atoms with Crippen LogP contribution in [0.5, 0.6) is 5.75 Å². The minimum atomic E-state index is -1.03. The van der Waals surface area contributed by atoms with Gasteiger partial charge in [-0.1, -0.05) is 13.0 Å². The first kappa shape index (κ1) is 25.3. The number of benzene rings is 2. The van der Waals surface area contributed by atoms with Gasteiger partial charge < -0.3 is 26.0 Å². The van der Waals surface area contributed by atoms with Gasteiger partial charge in [0.15, 0.2) is 23.2 Å². The van der Waals surface area contributed by atoms with Crippen molar-refractivity contribution in [1.82, 2.24) is 10.2 Å². The molecule has 0 spiro atoms. The van der Waals surface area contributed by atoms with E-state index in [2.05, 4.69) is 20.6 Å². The highest BCUT2D eigenvalue weighted by Gasteiger charge is 2.35. The maximum absolute atomic E-state index is 14.8. The summed E-state index contributed by atoms with van der Waals surface area (Å²) < 4.78 is 34.0. The third-order valence-electron chi connectivity index (χ3n) is 6.25. The SMILES string of the molecule is CCc1cc(NC2=NC=CN3C2=NCC3c2ccc(OC)c(F)c2F)ccc1C(=O)NC(C)(C)CN. The fraction of sp³-hybridized carbons (Fsp3) is 0.346. The predicted molar refractivity (Wildman–Crippen MR) is 136 cm³/mol. The smallest absolute Gasteiger partial charge is 0.252 e. The van der Waals surface area contributed by atoms with Crippen LogP contribution in [0, 0.1) is 11.6 Å². The standard InChI is InChI=1S/C26H30F2N6O2/c1-5-15-12-16(6-7-17(15)25(35)33-26(2,3)14-29)32-23-24-31-13-19(34(24)11-10-30-23)18-8-9-20(36-4)22(28)21(18)27/h6-12,19H,5,13-14,29H2,1-4H3,(H,30,32)(H,33,35). The Labute approximate surface area is 208 Å². The third-order valence-corrected chi connectivity index (χ3v) is 6.25. The van der Waals surface area contributed by atoms with Crippen LogP contribution in [0.1, 0.15) is 48.3 Å². The fourth-order valence-electron chi connectivity index (χ4n) is 4.15. The zero-order valence-electron chi connectivity index (χ0n) is 20.7. The monoisotopic (exact) mass is 496 g/mol. The fourth-order valence-corrected chi connectivity index (χ4v) is 4.15. The molecular formula is C26H30F2N6O2. The lowest BCUT2D eigenvalue weighted by atomic mass is 10.0. The normalized spacial score (nSPS) is 16.9. The largest absolute Gasteiger partial charge is 0.494 e. The molecule has 0 saturated carbocycles. The van der Waals surface area contributed by atoms with E-state index in [0.717, 1.165) is 11.3 Å². The van der Waals surface area contributed by atoms with Gasteiger partial charge in [0, 0.05) is 41.3 Å². The number of aliphatic imine (C=N–C) groups is 2. The van der Waals surface area contributed by atoms with Crippen molar-refractivity contribution in [2.75, 3.05) is 25.5 Å². The molecule has 0 radical (unpaired) electrons. The quantitative estimate of drug-likeness (QED) is 0.542. The van der Waals surface area contributed by atoms with Crippen LogP contribution in [0.25, 0.3) is 0 Å². The Bertz CT molecular complexity index is 1270. The minimum absolute atomic E-state index is 0.149. The molecule has 190 valence electrons. The van der Waals surface area contributed by atoms with E-state index in [1.54, 1.807) is 29.4 Å². The van der Waals surface area contributed by atoms with Gasteiger partial charge in [0.25, 0.3) is 5.91 Å². The van der Waals surface area contributed by atoms with Gasteiger partial charge in [-0.05, 0) is 50.1 Å². The molecule has 10 heteroatoms. The Balaban J connectivity index is 1.53. The first-order valence-electron chi connectivity index (χ1n) is 11.7. The summed E-state index contributed by atoms with van der Waals surface area (Å²) in [6, 6.07) is 7.84. The van der Waals surface area contributed by atoms with Crippen LogP contribution in [-0.4, -0.2) is 48.2 Å². The van der Waals surface area contributed by atoms with Crippen LogP contribution >= 0.6 is 0 Å². The molecule has 8 nitrogen and oxygen atoms in total. The number of fused-ring (bicyclic) bond motifs is 1. The summed E-state index contributed by atoms with van der Waals surface area (Å²) in [5.74, 6) is -1.33. The molecule has 4 rings (SSSR count). The highest BCUT2D eigenvalue weighted by molar-refractivity contribution is 6.45. The summed E-state index contributed by atoms with van der Waals surface area (Å²) in [7, 11) is 1.29. The number of hydrogen-bond acceptors (Lipinski definition) is 7. The van der Waals surface area contributed by atoms with Gasteiger partial charge in [-0.3, -0.25) is 9.79 Å². The van der Waals surface area contributed by atoms with Crippen LogP contribution in [0.3, 0.4) is 0 Å². The lowest BCUT2D eigenvalue weighted by Crippen LogP contribution is -2.49. The second-order valence-corrected chi connectivity index (χ2v) is 9.24. The summed E-state index contributed by atoms with van der Waals surface area (Å²) in [4.78, 5) is 23.5. The van der Waals surface area contributed by atoms with E-state index < -0.39 is 23.2 Å². The second-order valence-electron chi connectivity index (χ2n) is 9.24. The molecule has 2 aromatic rings. The molecule has 1 unspecified atom stereocenters. The third kappa shape index (κ3) is 4.81. The van der Waals surface area contributed by atoms with E-state index in [-0.39, 0.29) is 23.8 Å². The van der Waals surface area contributed by atoms with Crippen molar-refractivity contribution in [3.8, 4) is 5.75 Å². The number of methoxy groups -OCH3 is 1. The zero-order valence-corrected chi connectivity index (χ0v) is 20.7. The van der Waals surface area contributed by atoms with Crippen LogP contribution in [-0.2, 0) is 6.42 Å². The molecule has 4 N–H and O–H groups in total. The molecule has 0 bridgehead atoms. The van der Waals surface area contributed by atoms with E-state index in [4.69, 9.17) is 10.5 Å². The van der Waals surface area contributed by atoms with E-state index >= 15 is 0 Å². The van der Waals surface area contributed by atoms with E-state index in [0.29, 0.717) is 30.2 Å². The number of amides is 1. The number of nitrogens with one attached hydrogen (secondary N) is 2. The number of rotatable bonds is 7. The first-order valence-corrected chi connectivity index (χ1v) is 11.7. The second kappa shape index (κ2) is 10.1. The molecule has 1 atom stereocenters. The number of anilines is 1. The summed E-state index contributed by atoms with van der Waals surface area (Å²) in [6.07, 6.45) is 3.91. The minimum Gasteiger partial charge on any atom is -0.494 e. The topological polar surface area (TPSA) is 104 Å². The summed E-state index contributed by atoms with van der Waals surface area (Å²) in [5, 5.41) is 6.21. The van der Waals surface area contributed by atoms with E-state index in [1.807, 2.05) is 26.8 Å². The van der Waals surface area contributed by atoms with Gasteiger partial charge in [0.1, 0.15) is 0 Å². The highest BCUT2D eigenvalue weighted by Crippen LogP contribution is 2.34. The summed E-state index contributed by atoms with van der Waals surface area (Å²) in [6.45, 7) is 6.27. The average molecular weight is 497 g/mol. The van der Waals surface area contributed by atoms with Crippen LogP contribution in [0.15, 0.2) is 52.7 Å². The van der Waals surface area contributed by atoms with E-state index in [9.17, 15) is 13.6 Å². The number of aryl methyl sites for hydroxylation is 1. The van der Waals surface area contributed by atoms with Gasteiger partial charge in [0.05, 0.1) is 19.7 Å². The van der Waals surface area contributed by atoms with Gasteiger partial charge in [-0.25, -0.2) is 9.38 Å². The van der Waals surface area contributed by atoms with Crippen molar-refractivity contribution < 1.29 is 18.3 Å². The van der Waals surface area contributed by atoms with Crippen molar-refractivity contribution in [3.63, 3.8) is 0 Å². The lowest BCUT2D eigenvalue weighted by Gasteiger charge is -2.28. The molecule has 0 fully saturated rings. The Morgan fingerprint density at radius 3 is 2.72 bits per heavy atom. The van der Waals surface area contributed by atoms with Crippen LogP contribution in [0.4, 0.5) is 14.5 Å². The maximum Gasteiger partial charge on any atom is 0.252 e. The Morgan fingerprint density at radius 1 is 1.25 bits per heavy atom. The highest BCUT2D eigenvalue weighted by atomic mass is 19.2. The van der Waals surface area contributed by atoms with Gasteiger partial charge in [-0.15, -0.1) is 0 Å². The molecule has 2 aliphatic heterocycles. The molecule has 2 heterocycles. The predicted octanol–water partition coefficient (Wildman–Crippen LogP) is 3.75. The molecule has 2 aliphatic rings. The zero-order chi connectivity index (χ0) is 26.0. The van der Waals surface area contributed by atoms with Crippen molar-refractivity contribution in [3.05, 3.63) is 71.1 Å². The Hall–Kier alpha value is -3.79. The molecule has 0 saturated heterocycles. The maximum atomic E-state index is 14.8. The van der Waals surface area contributed by atoms with Gasteiger partial charge in [-0.2, -0.15) is 4.39 Å². The number of carbonyl (C=O) groups is 1. The number of ether oxygens (including phenoxy) is 1. The summed E-state index contributed by atoms with van der Waals surface area (Å²) in [5.41, 5.74) is 7.57. The molecule has 0 aromatic heterocycles. The first-order chi connectivity index (χ1) is 17.2. The molecular weight excluding hydrogens is 466 g/mol. The number of halogens is 2. The van der Waals surface area contributed by atoms with Crippen LogP contribution < -0.4 is 21.1 Å². The Kier molecular flexibility index (Phi) is 7.07. The average Bonchev–Trinajstić information content (AvgIpc) is 3.30. The van der Waals surface area contributed by atoms with Gasteiger partial charge in [0.2, 0.25) is 5.82 Å². The number of carbonyl (C=O) groups excluding carboxylic acids is 1. The molecule has 36 heavy (non-hydrogen) atoms. The van der Waals surface area contributed by atoms with Crippen LogP contribution in [0.2, 0.25) is 0 Å². The Morgan fingerprint density at radius 2 is 2.03 bits per heavy atom. The molecule has 2 aromatic carbocycles. The van der Waals surface area contributed by atoms with Crippen molar-refractivity contribution in [2.24, 2.45) is 15.7 Å². The number of nitrogens with two attached hydrogens (primary N) is 1. The van der Waals surface area contributed by atoms with E-state index in [1.165, 1.54) is 19.2 Å².